The van der Waals surface area contributed by atoms with Crippen LogP contribution in [0.25, 0.3) is 0 Å². The Kier molecular flexibility index (Phi) is 4.78. The van der Waals surface area contributed by atoms with Crippen molar-refractivity contribution in [3.05, 3.63) is 70.8 Å². The fraction of sp³-hybridized carbons (Fsp3) is 0.350. The predicted octanol–water partition coefficient (Wildman–Crippen LogP) is 2.84. The number of halogens is 3. The summed E-state index contributed by atoms with van der Waals surface area (Å²) in [7, 11) is 0. The van der Waals surface area contributed by atoms with Gasteiger partial charge in [-0.1, -0.05) is 18.2 Å². The minimum Gasteiger partial charge on any atom is -0.348 e. The van der Waals surface area contributed by atoms with Crippen LogP contribution in [0.15, 0.2) is 47.8 Å². The van der Waals surface area contributed by atoms with Gasteiger partial charge in [-0.25, -0.2) is 13.2 Å². The third kappa shape index (κ3) is 3.64. The van der Waals surface area contributed by atoms with Crippen molar-refractivity contribution in [3.8, 4) is 0 Å². The number of benzene rings is 1. The fourth-order valence-electron chi connectivity index (χ4n) is 3.78. The number of nitrogens with zero attached hydrogens (tertiary/aromatic N) is 2. The molecule has 3 aliphatic rings. The molecule has 142 valence electrons. The number of piperazine rings is 1. The number of allylic oxidation sites excluding steroid dienone is 1. The summed E-state index contributed by atoms with van der Waals surface area (Å²) in [5, 5.41) is 2.54. The molecule has 1 amide bonds. The number of hydrogen-bond acceptors (Lipinski definition) is 3. The van der Waals surface area contributed by atoms with Crippen LogP contribution in [0.5, 0.6) is 0 Å². The highest BCUT2D eigenvalue weighted by Gasteiger charge is 2.31. The van der Waals surface area contributed by atoms with Gasteiger partial charge in [-0.05, 0) is 12.8 Å². The van der Waals surface area contributed by atoms with Gasteiger partial charge in [-0.15, -0.1) is 0 Å². The molecule has 2 unspecified atom stereocenters. The van der Waals surface area contributed by atoms with Crippen LogP contribution in [-0.2, 0) is 11.3 Å². The molecule has 0 spiro atoms. The molecule has 0 aromatic heterocycles. The maximum absolute atomic E-state index is 13.7. The average Bonchev–Trinajstić information content (AvgIpc) is 2.82. The zero-order chi connectivity index (χ0) is 19.0. The number of fused-ring (bicyclic) bond motifs is 4. The van der Waals surface area contributed by atoms with Gasteiger partial charge in [0.2, 0.25) is 5.91 Å². The van der Waals surface area contributed by atoms with Gasteiger partial charge in [-0.2, -0.15) is 0 Å². The molecule has 1 fully saturated rings. The van der Waals surface area contributed by atoms with E-state index in [-0.39, 0.29) is 24.1 Å². The number of nitrogens with one attached hydrogen (secondary N) is 1. The summed E-state index contributed by atoms with van der Waals surface area (Å²) in [5.41, 5.74) is 1.38. The van der Waals surface area contributed by atoms with Crippen molar-refractivity contribution in [2.24, 2.45) is 0 Å². The zero-order valence-corrected chi connectivity index (χ0v) is 14.7. The smallest absolute Gasteiger partial charge is 0.249 e. The third-order valence-corrected chi connectivity index (χ3v) is 5.19. The second-order valence-corrected chi connectivity index (χ2v) is 7.05. The Hall–Kier alpha value is -2.54. The van der Waals surface area contributed by atoms with Crippen molar-refractivity contribution in [1.82, 2.24) is 15.1 Å². The number of carbonyl (C=O) groups is 1. The lowest BCUT2D eigenvalue weighted by Gasteiger charge is -2.43. The van der Waals surface area contributed by atoms with Gasteiger partial charge in [0.1, 0.15) is 17.5 Å². The lowest BCUT2D eigenvalue weighted by Crippen LogP contribution is -2.49. The van der Waals surface area contributed by atoms with Crippen molar-refractivity contribution in [2.45, 2.75) is 25.4 Å². The summed E-state index contributed by atoms with van der Waals surface area (Å²) in [6.45, 7) is 2.39. The first kappa shape index (κ1) is 17.9. The normalized spacial score (nSPS) is 23.9. The van der Waals surface area contributed by atoms with Crippen LogP contribution in [0.2, 0.25) is 0 Å². The van der Waals surface area contributed by atoms with E-state index >= 15 is 0 Å². The quantitative estimate of drug-likeness (QED) is 0.826. The molecule has 3 heterocycles. The van der Waals surface area contributed by atoms with Crippen molar-refractivity contribution in [2.75, 3.05) is 19.6 Å². The number of carbonyl (C=O) groups excluding carboxylic acids is 1. The van der Waals surface area contributed by atoms with E-state index in [0.717, 1.165) is 26.1 Å². The summed E-state index contributed by atoms with van der Waals surface area (Å²) >= 11 is 0. The molecule has 27 heavy (non-hydrogen) atoms. The Bertz CT molecular complexity index is 839. The summed E-state index contributed by atoms with van der Waals surface area (Å²) in [4.78, 5) is 17.0. The van der Waals surface area contributed by atoms with Gasteiger partial charge < -0.3 is 10.2 Å². The van der Waals surface area contributed by atoms with Gasteiger partial charge in [0.15, 0.2) is 0 Å². The highest BCUT2D eigenvalue weighted by Crippen LogP contribution is 2.29. The standard InChI is InChI=1S/C20H20F3N3O/c21-14-7-18(22)17(19(23)8-14)9-24-20(27)13-4-5-16-12-25-6-2-1-3-15(11-25)26(16)10-13/h1-2,5,7-8,10,15H,3-4,6,9,11-12H2,(H,24,27). The second-order valence-electron chi connectivity index (χ2n) is 7.05. The molecule has 0 aliphatic carbocycles. The summed E-state index contributed by atoms with van der Waals surface area (Å²) in [6, 6.07) is 1.50. The van der Waals surface area contributed by atoms with E-state index in [2.05, 4.69) is 27.3 Å². The largest absolute Gasteiger partial charge is 0.348 e. The zero-order valence-electron chi connectivity index (χ0n) is 14.7. The molecule has 4 nitrogen and oxygen atoms in total. The summed E-state index contributed by atoms with van der Waals surface area (Å²) in [5.74, 6) is -3.37. The van der Waals surface area contributed by atoms with Crippen molar-refractivity contribution < 1.29 is 18.0 Å². The van der Waals surface area contributed by atoms with E-state index in [0.29, 0.717) is 24.1 Å². The minimum atomic E-state index is -1.01. The number of amides is 1. The lowest BCUT2D eigenvalue weighted by molar-refractivity contribution is -0.117. The molecular formula is C20H20F3N3O. The van der Waals surface area contributed by atoms with Crippen LogP contribution in [0, 0.1) is 17.5 Å². The Labute approximate surface area is 155 Å². The summed E-state index contributed by atoms with van der Waals surface area (Å²) < 4.78 is 40.4. The van der Waals surface area contributed by atoms with Gasteiger partial charge in [-0.3, -0.25) is 9.69 Å². The topological polar surface area (TPSA) is 35.6 Å². The first-order chi connectivity index (χ1) is 13.0. The maximum atomic E-state index is 13.7. The summed E-state index contributed by atoms with van der Waals surface area (Å²) in [6.07, 6.45) is 9.60. The highest BCUT2D eigenvalue weighted by molar-refractivity contribution is 5.93. The molecule has 1 saturated heterocycles. The van der Waals surface area contributed by atoms with E-state index < -0.39 is 17.5 Å². The molecule has 0 saturated carbocycles. The van der Waals surface area contributed by atoms with Gasteiger partial charge in [0.05, 0.1) is 0 Å². The van der Waals surface area contributed by atoms with Crippen molar-refractivity contribution in [1.29, 1.82) is 0 Å². The van der Waals surface area contributed by atoms with Crippen LogP contribution in [0.3, 0.4) is 0 Å². The van der Waals surface area contributed by atoms with Crippen molar-refractivity contribution in [3.63, 3.8) is 0 Å². The van der Waals surface area contributed by atoms with Crippen LogP contribution in [0.1, 0.15) is 18.4 Å². The van der Waals surface area contributed by atoms with Crippen LogP contribution < -0.4 is 5.32 Å². The molecular weight excluding hydrogens is 355 g/mol. The molecule has 4 rings (SSSR count). The van der Waals surface area contributed by atoms with Gasteiger partial charge in [0, 0.05) is 67.4 Å². The first-order valence-electron chi connectivity index (χ1n) is 8.98. The van der Waals surface area contributed by atoms with E-state index in [4.69, 9.17) is 0 Å². The predicted molar refractivity (Wildman–Crippen MR) is 94.8 cm³/mol. The molecule has 1 aromatic rings. The van der Waals surface area contributed by atoms with Crippen LogP contribution in [0.4, 0.5) is 13.2 Å². The molecule has 3 aliphatic heterocycles. The average molecular weight is 375 g/mol. The Morgan fingerprint density at radius 3 is 2.74 bits per heavy atom. The second kappa shape index (κ2) is 7.23. The van der Waals surface area contributed by atoms with Crippen LogP contribution in [-0.4, -0.2) is 41.4 Å². The van der Waals surface area contributed by atoms with Crippen molar-refractivity contribution >= 4 is 5.91 Å². The molecule has 2 atom stereocenters. The fourth-order valence-corrected chi connectivity index (χ4v) is 3.78. The number of rotatable bonds is 3. The van der Waals surface area contributed by atoms with E-state index in [1.165, 1.54) is 5.70 Å². The Morgan fingerprint density at radius 2 is 1.96 bits per heavy atom. The van der Waals surface area contributed by atoms with Gasteiger partial charge >= 0.3 is 0 Å². The van der Waals surface area contributed by atoms with E-state index in [1.807, 2.05) is 12.3 Å². The molecule has 7 heteroatoms. The Morgan fingerprint density at radius 1 is 1.19 bits per heavy atom. The monoisotopic (exact) mass is 375 g/mol. The lowest BCUT2D eigenvalue weighted by atomic mass is 10.0. The highest BCUT2D eigenvalue weighted by atomic mass is 19.1. The molecule has 1 aromatic carbocycles. The van der Waals surface area contributed by atoms with Crippen LogP contribution >= 0.6 is 0 Å². The molecule has 1 N–H and O–H groups in total. The third-order valence-electron chi connectivity index (χ3n) is 5.19. The van der Waals surface area contributed by atoms with Gasteiger partial charge in [0.25, 0.3) is 0 Å². The SMILES string of the molecule is O=C(NCc1c(F)cc(F)cc1F)C1=CN2C(=CC1)CN1CC=CCC2C1. The first-order valence-corrected chi connectivity index (χ1v) is 8.98. The Balaban J connectivity index is 1.46. The maximum Gasteiger partial charge on any atom is 0.249 e. The van der Waals surface area contributed by atoms with E-state index in [9.17, 15) is 18.0 Å². The minimum absolute atomic E-state index is 0.277. The van der Waals surface area contributed by atoms with E-state index in [1.54, 1.807) is 0 Å². The molecule has 2 bridgehead atoms. The molecule has 0 radical (unpaired) electrons. The number of hydrogen-bond donors (Lipinski definition) is 1.